The van der Waals surface area contributed by atoms with Gasteiger partial charge < -0.3 is 9.80 Å². The van der Waals surface area contributed by atoms with Gasteiger partial charge in [-0.05, 0) is 25.0 Å². The van der Waals surface area contributed by atoms with E-state index in [0.717, 1.165) is 31.6 Å². The molecule has 0 atom stereocenters. The average Bonchev–Trinajstić information content (AvgIpc) is 3.17. The number of amides is 2. The van der Waals surface area contributed by atoms with Gasteiger partial charge in [-0.15, -0.1) is 0 Å². The van der Waals surface area contributed by atoms with Crippen molar-refractivity contribution in [2.45, 2.75) is 57.2 Å². The summed E-state index contributed by atoms with van der Waals surface area (Å²) in [4.78, 5) is 27.8. The first-order valence-corrected chi connectivity index (χ1v) is 8.56. The maximum absolute atomic E-state index is 12.1. The third-order valence-electron chi connectivity index (χ3n) is 3.67. The van der Waals surface area contributed by atoms with Gasteiger partial charge in [0, 0.05) is 30.3 Å². The summed E-state index contributed by atoms with van der Waals surface area (Å²) in [7, 11) is 0. The summed E-state index contributed by atoms with van der Waals surface area (Å²) in [6, 6.07) is 0.475. The highest BCUT2D eigenvalue weighted by atomic mass is 32.2. The quantitative estimate of drug-likeness (QED) is 0.730. The van der Waals surface area contributed by atoms with Gasteiger partial charge in [0.25, 0.3) is 0 Å². The van der Waals surface area contributed by atoms with Gasteiger partial charge in [0.15, 0.2) is 0 Å². The maximum atomic E-state index is 12.1. The molecule has 1 saturated carbocycles. The molecule has 1 aliphatic carbocycles. The Hall–Kier alpha value is -0.710. The van der Waals surface area contributed by atoms with Crippen LogP contribution in [0.2, 0.25) is 0 Å². The van der Waals surface area contributed by atoms with Gasteiger partial charge in [0.05, 0.1) is 6.54 Å². The molecular weight excluding hydrogens is 272 g/mol. The fourth-order valence-corrected chi connectivity index (χ4v) is 3.33. The SMILES string of the molecule is CC(C)(C)SCCCC(=O)N1CCN(C2CC2)C(=O)C1. The van der Waals surface area contributed by atoms with Gasteiger partial charge in [-0.1, -0.05) is 20.8 Å². The van der Waals surface area contributed by atoms with Crippen LogP contribution in [0, 0.1) is 0 Å². The molecule has 0 radical (unpaired) electrons. The van der Waals surface area contributed by atoms with E-state index >= 15 is 0 Å². The third kappa shape index (κ3) is 4.69. The molecule has 0 bridgehead atoms. The highest BCUT2D eigenvalue weighted by molar-refractivity contribution is 8.00. The molecule has 0 aromatic rings. The zero-order valence-electron chi connectivity index (χ0n) is 12.9. The van der Waals surface area contributed by atoms with E-state index in [1.807, 2.05) is 16.7 Å². The van der Waals surface area contributed by atoms with E-state index in [1.165, 1.54) is 0 Å². The lowest BCUT2D eigenvalue weighted by molar-refractivity contribution is -0.145. The number of rotatable bonds is 5. The maximum Gasteiger partial charge on any atom is 0.242 e. The molecule has 1 saturated heterocycles. The van der Waals surface area contributed by atoms with Crippen LogP contribution in [0.4, 0.5) is 0 Å². The molecule has 4 nitrogen and oxygen atoms in total. The molecular formula is C15H26N2O2S. The van der Waals surface area contributed by atoms with E-state index in [1.54, 1.807) is 4.90 Å². The van der Waals surface area contributed by atoms with Crippen molar-refractivity contribution in [2.75, 3.05) is 25.4 Å². The zero-order chi connectivity index (χ0) is 14.8. The Morgan fingerprint density at radius 3 is 2.55 bits per heavy atom. The number of piperazine rings is 1. The van der Waals surface area contributed by atoms with Crippen molar-refractivity contribution < 1.29 is 9.59 Å². The largest absolute Gasteiger partial charge is 0.336 e. The Morgan fingerprint density at radius 2 is 2.00 bits per heavy atom. The van der Waals surface area contributed by atoms with Crippen molar-refractivity contribution in [1.29, 1.82) is 0 Å². The van der Waals surface area contributed by atoms with Crippen molar-refractivity contribution in [3.8, 4) is 0 Å². The van der Waals surface area contributed by atoms with Gasteiger partial charge in [0.1, 0.15) is 0 Å². The number of hydrogen-bond acceptors (Lipinski definition) is 3. The van der Waals surface area contributed by atoms with Crippen LogP contribution in [0.5, 0.6) is 0 Å². The second kappa shape index (κ2) is 6.37. The predicted octanol–water partition coefficient (Wildman–Crippen LogP) is 2.13. The average molecular weight is 298 g/mol. The van der Waals surface area contributed by atoms with Gasteiger partial charge in [-0.25, -0.2) is 0 Å². The van der Waals surface area contributed by atoms with E-state index in [-0.39, 0.29) is 16.6 Å². The molecule has 0 aromatic carbocycles. The standard InChI is InChI=1S/C15H26N2O2S/c1-15(2,3)20-10-4-5-13(18)16-8-9-17(12-6-7-12)14(19)11-16/h12H,4-11H2,1-3H3. The molecule has 2 fully saturated rings. The Labute approximate surface area is 126 Å². The summed E-state index contributed by atoms with van der Waals surface area (Å²) in [5.74, 6) is 1.28. The molecule has 0 N–H and O–H groups in total. The number of carbonyl (C=O) groups is 2. The van der Waals surface area contributed by atoms with Crippen LogP contribution in [-0.4, -0.2) is 57.8 Å². The van der Waals surface area contributed by atoms with E-state index < -0.39 is 0 Å². The molecule has 2 amide bonds. The summed E-state index contributed by atoms with van der Waals surface area (Å²) in [6.07, 6.45) is 3.75. The van der Waals surface area contributed by atoms with Gasteiger partial charge in [-0.3, -0.25) is 9.59 Å². The van der Waals surface area contributed by atoms with E-state index in [0.29, 0.717) is 25.6 Å². The molecule has 114 valence electrons. The first-order valence-electron chi connectivity index (χ1n) is 7.58. The van der Waals surface area contributed by atoms with Crippen molar-refractivity contribution in [1.82, 2.24) is 9.80 Å². The highest BCUT2D eigenvalue weighted by Gasteiger charge is 2.36. The molecule has 20 heavy (non-hydrogen) atoms. The molecule has 2 rings (SSSR count). The lowest BCUT2D eigenvalue weighted by atomic mass is 10.2. The Kier molecular flexibility index (Phi) is 4.99. The molecule has 1 aliphatic heterocycles. The number of carbonyl (C=O) groups excluding carboxylic acids is 2. The second-order valence-corrected chi connectivity index (χ2v) is 8.62. The van der Waals surface area contributed by atoms with E-state index in [4.69, 9.17) is 0 Å². The van der Waals surface area contributed by atoms with E-state index in [9.17, 15) is 9.59 Å². The third-order valence-corrected chi connectivity index (χ3v) is 5.03. The minimum Gasteiger partial charge on any atom is -0.336 e. The van der Waals surface area contributed by atoms with Crippen LogP contribution < -0.4 is 0 Å². The van der Waals surface area contributed by atoms with E-state index in [2.05, 4.69) is 20.8 Å². The lowest BCUT2D eigenvalue weighted by Gasteiger charge is -2.34. The van der Waals surface area contributed by atoms with Crippen LogP contribution in [-0.2, 0) is 9.59 Å². The highest BCUT2D eigenvalue weighted by Crippen LogP contribution is 2.28. The fraction of sp³-hybridized carbons (Fsp3) is 0.867. The number of hydrogen-bond donors (Lipinski definition) is 0. The molecule has 0 spiro atoms. The Balaban J connectivity index is 1.67. The van der Waals surface area contributed by atoms with Gasteiger partial charge >= 0.3 is 0 Å². The van der Waals surface area contributed by atoms with Crippen LogP contribution in [0.25, 0.3) is 0 Å². The molecule has 0 aromatic heterocycles. The predicted molar refractivity (Wildman–Crippen MR) is 82.8 cm³/mol. The van der Waals surface area contributed by atoms with Crippen molar-refractivity contribution in [3.63, 3.8) is 0 Å². The smallest absolute Gasteiger partial charge is 0.242 e. The number of thioether (sulfide) groups is 1. The second-order valence-electron chi connectivity index (χ2n) is 6.70. The van der Waals surface area contributed by atoms with Crippen LogP contribution in [0.1, 0.15) is 46.5 Å². The summed E-state index contributed by atoms with van der Waals surface area (Å²) >= 11 is 1.89. The summed E-state index contributed by atoms with van der Waals surface area (Å²) < 4.78 is 0.259. The Bertz CT molecular complexity index is 375. The monoisotopic (exact) mass is 298 g/mol. The minimum atomic E-state index is 0.135. The summed E-state index contributed by atoms with van der Waals surface area (Å²) in [6.45, 7) is 8.31. The van der Waals surface area contributed by atoms with Crippen molar-refractivity contribution in [3.05, 3.63) is 0 Å². The van der Waals surface area contributed by atoms with Crippen molar-refractivity contribution >= 4 is 23.6 Å². The molecule has 1 heterocycles. The normalized spacial score (nSPS) is 20.4. The minimum absolute atomic E-state index is 0.135. The molecule has 0 unspecified atom stereocenters. The zero-order valence-corrected chi connectivity index (χ0v) is 13.7. The molecule has 2 aliphatic rings. The Morgan fingerprint density at radius 1 is 1.30 bits per heavy atom. The van der Waals surface area contributed by atoms with Gasteiger partial charge in [0.2, 0.25) is 11.8 Å². The number of nitrogens with zero attached hydrogens (tertiary/aromatic N) is 2. The topological polar surface area (TPSA) is 40.6 Å². The first-order chi connectivity index (χ1) is 9.37. The van der Waals surface area contributed by atoms with Gasteiger partial charge in [-0.2, -0.15) is 11.8 Å². The molecule has 5 heteroatoms. The summed E-state index contributed by atoms with van der Waals surface area (Å²) in [5.41, 5.74) is 0. The first kappa shape index (κ1) is 15.7. The summed E-state index contributed by atoms with van der Waals surface area (Å²) in [5, 5.41) is 0. The van der Waals surface area contributed by atoms with Crippen LogP contribution >= 0.6 is 11.8 Å². The lowest BCUT2D eigenvalue weighted by Crippen LogP contribution is -2.52. The van der Waals surface area contributed by atoms with Crippen molar-refractivity contribution in [2.24, 2.45) is 0 Å². The fourth-order valence-electron chi connectivity index (χ4n) is 2.43. The van der Waals surface area contributed by atoms with Crippen LogP contribution in [0.3, 0.4) is 0 Å². The van der Waals surface area contributed by atoms with Crippen LogP contribution in [0.15, 0.2) is 0 Å².